The van der Waals surface area contributed by atoms with Crippen LogP contribution in [-0.2, 0) is 21.1 Å². The summed E-state index contributed by atoms with van der Waals surface area (Å²) in [5.41, 5.74) is 0. The van der Waals surface area contributed by atoms with Crippen LogP contribution < -0.4 is 51.4 Å². The Morgan fingerprint density at radius 3 is 1.00 bits per heavy atom. The van der Waals surface area contributed by atoms with E-state index in [0.717, 1.165) is 0 Å². The molecule has 0 aromatic carbocycles. The molecule has 0 spiro atoms. The maximum Gasteiger partial charge on any atom is 2.00 e. The van der Waals surface area contributed by atoms with Crippen LogP contribution in [0.15, 0.2) is 0 Å². The second kappa shape index (κ2) is 54.2. The Labute approximate surface area is 99.6 Å². The summed E-state index contributed by atoms with van der Waals surface area (Å²) in [5, 5.41) is 0. The molecule has 6 heavy (non-hydrogen) atoms. The molecule has 0 atom stereocenters. The van der Waals surface area contributed by atoms with Crippen LogP contribution in [0.4, 0.5) is 0 Å². The maximum atomic E-state index is 3.25. The average molecular weight is 293 g/mol. The van der Waals surface area contributed by atoms with Gasteiger partial charge in [-0.2, -0.15) is 13.8 Å². The molecule has 0 N–H and O–H groups in total. The molecule has 0 aliphatic heterocycles. The minimum Gasteiger partial charge on any atom is -1.00 e. The first-order valence-corrected chi connectivity index (χ1v) is 1.41. The van der Waals surface area contributed by atoms with Crippen molar-refractivity contribution in [3.05, 3.63) is 13.8 Å². The standard InChI is InChI=1S/2C2H5.K.Pt.H/c2*1-2;;;/h2*1H2,2H3;;;/q2*-1;+1;+2;-1. The van der Waals surface area contributed by atoms with E-state index in [4.69, 9.17) is 0 Å². The van der Waals surface area contributed by atoms with E-state index in [-0.39, 0.29) is 73.9 Å². The summed E-state index contributed by atoms with van der Waals surface area (Å²) in [5.74, 6) is 0. The summed E-state index contributed by atoms with van der Waals surface area (Å²) in [4.78, 5) is 0. The third-order valence-electron chi connectivity index (χ3n) is 0. The smallest absolute Gasteiger partial charge is 1.00 e. The van der Waals surface area contributed by atoms with Crippen molar-refractivity contribution in [3.63, 3.8) is 0 Å². The van der Waals surface area contributed by atoms with Crippen LogP contribution in [0.5, 0.6) is 0 Å². The molecule has 0 fully saturated rings. The monoisotopic (exact) mass is 293 g/mol. The van der Waals surface area contributed by atoms with Crippen molar-refractivity contribution in [1.29, 1.82) is 0 Å². The Morgan fingerprint density at radius 2 is 1.00 bits per heavy atom. The summed E-state index contributed by atoms with van der Waals surface area (Å²) in [7, 11) is 0. The van der Waals surface area contributed by atoms with Crippen LogP contribution in [0.1, 0.15) is 15.3 Å². The van der Waals surface area contributed by atoms with Crippen molar-refractivity contribution in [2.75, 3.05) is 0 Å². The third-order valence-corrected chi connectivity index (χ3v) is 0. The van der Waals surface area contributed by atoms with Crippen molar-refractivity contribution >= 4 is 0 Å². The van der Waals surface area contributed by atoms with Gasteiger partial charge in [-0.15, -0.1) is 0 Å². The zero-order valence-corrected chi connectivity index (χ0v) is 10.1. The zero-order chi connectivity index (χ0) is 4.00. The average Bonchev–Trinajstić information content (AvgIpc) is 1.50. The van der Waals surface area contributed by atoms with Crippen LogP contribution >= 0.6 is 0 Å². The van der Waals surface area contributed by atoms with Crippen LogP contribution in [-0.4, -0.2) is 0 Å². The Morgan fingerprint density at radius 1 is 1.00 bits per heavy atom. The summed E-state index contributed by atoms with van der Waals surface area (Å²) in [6.45, 7) is 10.0. The third kappa shape index (κ3) is 33.2. The van der Waals surface area contributed by atoms with Crippen molar-refractivity contribution in [2.45, 2.75) is 13.8 Å². The SMILES string of the molecule is [CH2-]C.[CH2-]C.[H-].[K+].[Pt+2]. The van der Waals surface area contributed by atoms with Gasteiger partial charge in [0.05, 0.1) is 0 Å². The van der Waals surface area contributed by atoms with Gasteiger partial charge in [0.15, 0.2) is 0 Å². The van der Waals surface area contributed by atoms with Gasteiger partial charge in [-0.1, -0.05) is 0 Å². The summed E-state index contributed by atoms with van der Waals surface area (Å²) < 4.78 is 0. The summed E-state index contributed by atoms with van der Waals surface area (Å²) in [6.07, 6.45) is 0. The van der Waals surface area contributed by atoms with Gasteiger partial charge in [-0.05, 0) is 0 Å². The molecule has 0 aliphatic rings. The van der Waals surface area contributed by atoms with Crippen LogP contribution in [0.2, 0.25) is 0 Å². The predicted molar refractivity (Wildman–Crippen MR) is 23.2 cm³/mol. The Hall–Kier alpha value is 2.32. The molecule has 0 amide bonds. The number of hydrogen-bond donors (Lipinski definition) is 0. The summed E-state index contributed by atoms with van der Waals surface area (Å²) in [6, 6.07) is 0. The predicted octanol–water partition coefficient (Wildman–Crippen LogP) is -1.21. The second-order valence-electron chi connectivity index (χ2n) is 0. The fourth-order valence-electron chi connectivity index (χ4n) is 0. The molecule has 0 heterocycles. The minimum atomic E-state index is 0. The van der Waals surface area contributed by atoms with E-state index in [1.54, 1.807) is 13.8 Å². The van der Waals surface area contributed by atoms with E-state index in [9.17, 15) is 0 Å². The first kappa shape index (κ1) is 23.9. The van der Waals surface area contributed by atoms with E-state index in [2.05, 4.69) is 13.8 Å². The molecular weight excluding hydrogens is 282 g/mol. The number of rotatable bonds is 0. The minimum absolute atomic E-state index is 0. The van der Waals surface area contributed by atoms with Crippen molar-refractivity contribution in [1.82, 2.24) is 0 Å². The van der Waals surface area contributed by atoms with E-state index >= 15 is 0 Å². The van der Waals surface area contributed by atoms with Gasteiger partial charge in [0.2, 0.25) is 0 Å². The first-order chi connectivity index (χ1) is 2.00. The number of hydrogen-bond acceptors (Lipinski definition) is 0. The Bertz CT molecular complexity index is 11.7. The molecule has 38 valence electrons. The van der Waals surface area contributed by atoms with Gasteiger partial charge in [-0.25, -0.2) is 0 Å². The second-order valence-corrected chi connectivity index (χ2v) is 0. The van der Waals surface area contributed by atoms with E-state index in [1.165, 1.54) is 0 Å². The van der Waals surface area contributed by atoms with Crippen molar-refractivity contribution in [2.24, 2.45) is 0 Å². The van der Waals surface area contributed by atoms with Crippen LogP contribution in [0.3, 0.4) is 0 Å². The molecule has 0 aliphatic carbocycles. The molecule has 0 bridgehead atoms. The topological polar surface area (TPSA) is 0 Å². The first-order valence-electron chi connectivity index (χ1n) is 1.41. The van der Waals surface area contributed by atoms with Gasteiger partial charge in [0.25, 0.3) is 0 Å². The normalized spacial score (nSPS) is 2.00. The van der Waals surface area contributed by atoms with Crippen molar-refractivity contribution in [3.8, 4) is 0 Å². The molecule has 0 rings (SSSR count). The van der Waals surface area contributed by atoms with Crippen molar-refractivity contribution < 1.29 is 73.9 Å². The van der Waals surface area contributed by atoms with Gasteiger partial charge in [0, 0.05) is 0 Å². The van der Waals surface area contributed by atoms with Gasteiger partial charge in [-0.3, -0.25) is 0 Å². The van der Waals surface area contributed by atoms with E-state index in [0.29, 0.717) is 0 Å². The quantitative estimate of drug-likeness (QED) is 0.389. The fraction of sp³-hybridized carbons (Fsp3) is 0.500. The van der Waals surface area contributed by atoms with E-state index < -0.39 is 0 Å². The van der Waals surface area contributed by atoms with Crippen LogP contribution in [0.25, 0.3) is 0 Å². The molecular formula is C4H11KPt. The molecule has 2 heteroatoms. The zero-order valence-electron chi connectivity index (χ0n) is 5.73. The van der Waals surface area contributed by atoms with E-state index in [1.807, 2.05) is 0 Å². The molecule has 0 unspecified atom stereocenters. The molecule has 0 aromatic rings. The van der Waals surface area contributed by atoms with Gasteiger partial charge in [0.1, 0.15) is 0 Å². The molecule has 0 radical (unpaired) electrons. The molecule has 0 nitrogen and oxygen atoms in total. The fourth-order valence-corrected chi connectivity index (χ4v) is 0. The maximum absolute atomic E-state index is 3.25. The Balaban J connectivity index is -0.00000000267. The molecule has 0 aromatic heterocycles. The van der Waals surface area contributed by atoms with Crippen LogP contribution in [0, 0.1) is 13.8 Å². The molecule has 0 saturated heterocycles. The molecule has 0 saturated carbocycles. The van der Waals surface area contributed by atoms with Gasteiger partial charge < -0.3 is 15.3 Å². The van der Waals surface area contributed by atoms with Gasteiger partial charge >= 0.3 is 72.4 Å². The Kier molecular flexibility index (Phi) is 216. The summed E-state index contributed by atoms with van der Waals surface area (Å²) >= 11 is 0. The largest absolute Gasteiger partial charge is 2.00 e.